The normalized spacial score (nSPS) is 13.1. The lowest BCUT2D eigenvalue weighted by molar-refractivity contribution is -0.110. The topological polar surface area (TPSA) is 73.4 Å². The Kier molecular flexibility index (Phi) is 12.2. The van der Waals surface area contributed by atoms with Crippen LogP contribution in [-0.4, -0.2) is 60.8 Å². The zero-order chi connectivity index (χ0) is 28.3. The van der Waals surface area contributed by atoms with E-state index < -0.39 is 24.4 Å². The standard InChI is InChI=1S/C26H33F3N4.C3H6O2/c1-26(2,3)24(32(4)13-12-20(30)15-27)25-31-23(21-14-19(28)10-11-22(21)29)17-33(25)16-18-8-6-5-7-9-18;1-5-3-2-4/h5-11,14,17,20,24H,12-13,15-16,30H2,1-4H3;2H,3H2,1H3/t20-,24?;/m0./s1. The number of carbonyl (C=O) groups is 1. The van der Waals surface area contributed by atoms with Crippen LogP contribution in [0.3, 0.4) is 0 Å². The third-order valence-corrected chi connectivity index (χ3v) is 6.00. The van der Waals surface area contributed by atoms with Gasteiger partial charge < -0.3 is 19.8 Å². The predicted molar refractivity (Wildman–Crippen MR) is 144 cm³/mol. The average molecular weight is 533 g/mol. The van der Waals surface area contributed by atoms with Crippen LogP contribution in [0.5, 0.6) is 0 Å². The van der Waals surface area contributed by atoms with Crippen molar-refractivity contribution >= 4 is 6.29 Å². The summed E-state index contributed by atoms with van der Waals surface area (Å²) in [7, 11) is 3.44. The number of methoxy groups -OCH3 is 1. The largest absolute Gasteiger partial charge is 0.377 e. The summed E-state index contributed by atoms with van der Waals surface area (Å²) >= 11 is 0. The minimum atomic E-state index is -0.570. The molecule has 38 heavy (non-hydrogen) atoms. The number of aromatic nitrogens is 2. The molecule has 2 N–H and O–H groups in total. The number of hydrogen-bond acceptors (Lipinski definition) is 5. The van der Waals surface area contributed by atoms with Crippen molar-refractivity contribution in [3.8, 4) is 11.3 Å². The fourth-order valence-corrected chi connectivity index (χ4v) is 4.27. The molecule has 9 heteroatoms. The molecule has 208 valence electrons. The molecule has 0 amide bonds. The van der Waals surface area contributed by atoms with Crippen molar-refractivity contribution in [2.75, 3.05) is 34.0 Å². The first-order chi connectivity index (χ1) is 18.0. The first kappa shape index (κ1) is 31.2. The van der Waals surface area contributed by atoms with Crippen molar-refractivity contribution in [1.29, 1.82) is 0 Å². The van der Waals surface area contributed by atoms with Crippen LogP contribution in [0.1, 0.15) is 44.6 Å². The van der Waals surface area contributed by atoms with E-state index in [0.29, 0.717) is 31.5 Å². The number of benzene rings is 2. The summed E-state index contributed by atoms with van der Waals surface area (Å²) in [5.74, 6) is -0.307. The Bertz CT molecular complexity index is 1130. The molecule has 0 radical (unpaired) electrons. The third-order valence-electron chi connectivity index (χ3n) is 6.00. The maximum atomic E-state index is 14.6. The summed E-state index contributed by atoms with van der Waals surface area (Å²) in [6, 6.07) is 12.6. The molecule has 6 nitrogen and oxygen atoms in total. The molecule has 3 rings (SSSR count). The summed E-state index contributed by atoms with van der Waals surface area (Å²) in [6.07, 6.45) is 2.99. The van der Waals surface area contributed by atoms with E-state index in [1.54, 1.807) is 6.20 Å². The molecule has 0 aliphatic heterocycles. The summed E-state index contributed by atoms with van der Waals surface area (Å²) in [6.45, 7) is 7.06. The van der Waals surface area contributed by atoms with E-state index in [4.69, 9.17) is 10.7 Å². The summed E-state index contributed by atoms with van der Waals surface area (Å²) in [5.41, 5.74) is 7.13. The van der Waals surface area contributed by atoms with Gasteiger partial charge in [0.2, 0.25) is 0 Å². The summed E-state index contributed by atoms with van der Waals surface area (Å²) in [4.78, 5) is 16.2. The van der Waals surface area contributed by atoms with Gasteiger partial charge in [0.15, 0.2) is 0 Å². The number of hydrogen-bond donors (Lipinski definition) is 1. The van der Waals surface area contributed by atoms with Crippen LogP contribution in [0.4, 0.5) is 13.2 Å². The Hall–Kier alpha value is -3.01. The van der Waals surface area contributed by atoms with Gasteiger partial charge in [-0.25, -0.2) is 18.2 Å². The number of alkyl halides is 1. The highest BCUT2D eigenvalue weighted by Gasteiger charge is 2.34. The van der Waals surface area contributed by atoms with Crippen LogP contribution in [0.25, 0.3) is 11.3 Å². The molecule has 0 saturated heterocycles. The number of nitrogens with zero attached hydrogens (tertiary/aromatic N) is 3. The number of imidazole rings is 1. The van der Waals surface area contributed by atoms with E-state index in [-0.39, 0.29) is 23.6 Å². The molecule has 0 spiro atoms. The van der Waals surface area contributed by atoms with E-state index in [1.807, 2.05) is 41.9 Å². The Balaban J connectivity index is 0.000000926. The van der Waals surface area contributed by atoms with Gasteiger partial charge >= 0.3 is 0 Å². The second-order valence-corrected chi connectivity index (χ2v) is 10.3. The maximum absolute atomic E-state index is 14.6. The van der Waals surface area contributed by atoms with Crippen molar-refractivity contribution in [2.24, 2.45) is 11.1 Å². The zero-order valence-electron chi connectivity index (χ0n) is 22.8. The minimum Gasteiger partial charge on any atom is -0.377 e. The second kappa shape index (κ2) is 14.8. The van der Waals surface area contributed by atoms with Gasteiger partial charge in [-0.2, -0.15) is 0 Å². The Morgan fingerprint density at radius 1 is 1.16 bits per heavy atom. The average Bonchev–Trinajstić information content (AvgIpc) is 3.27. The van der Waals surface area contributed by atoms with Gasteiger partial charge in [0.1, 0.15) is 37.0 Å². The van der Waals surface area contributed by atoms with Crippen LogP contribution in [0.15, 0.2) is 54.7 Å². The van der Waals surface area contributed by atoms with Crippen molar-refractivity contribution in [1.82, 2.24) is 14.5 Å². The van der Waals surface area contributed by atoms with Crippen LogP contribution < -0.4 is 5.73 Å². The molecule has 3 aromatic rings. The fraction of sp³-hybridized carbons (Fsp3) is 0.448. The quantitative estimate of drug-likeness (QED) is 0.334. The number of rotatable bonds is 11. The van der Waals surface area contributed by atoms with E-state index in [0.717, 1.165) is 23.5 Å². The van der Waals surface area contributed by atoms with Gasteiger partial charge in [-0.1, -0.05) is 51.1 Å². The fourth-order valence-electron chi connectivity index (χ4n) is 4.27. The number of halogens is 3. The van der Waals surface area contributed by atoms with Gasteiger partial charge in [-0.15, -0.1) is 0 Å². The van der Waals surface area contributed by atoms with E-state index in [2.05, 4.69) is 30.4 Å². The van der Waals surface area contributed by atoms with Gasteiger partial charge in [-0.05, 0) is 42.6 Å². The van der Waals surface area contributed by atoms with E-state index in [1.165, 1.54) is 13.2 Å². The van der Waals surface area contributed by atoms with Crippen LogP contribution in [0.2, 0.25) is 0 Å². The lowest BCUT2D eigenvalue weighted by Crippen LogP contribution is -2.39. The molecule has 0 aliphatic carbocycles. The zero-order valence-corrected chi connectivity index (χ0v) is 22.8. The summed E-state index contributed by atoms with van der Waals surface area (Å²) in [5, 5.41) is 0. The molecule has 1 unspecified atom stereocenters. The van der Waals surface area contributed by atoms with Crippen molar-refractivity contribution in [2.45, 2.75) is 45.8 Å². The highest BCUT2D eigenvalue weighted by atomic mass is 19.1. The lowest BCUT2D eigenvalue weighted by atomic mass is 9.85. The molecular formula is C29H39F3N4O2. The monoisotopic (exact) mass is 532 g/mol. The Labute approximate surface area is 223 Å². The third kappa shape index (κ3) is 9.08. The van der Waals surface area contributed by atoms with Gasteiger partial charge in [-0.3, -0.25) is 4.90 Å². The Morgan fingerprint density at radius 2 is 1.84 bits per heavy atom. The molecule has 0 bridgehead atoms. The number of carbonyl (C=O) groups excluding carboxylic acids is 1. The number of aldehydes is 1. The minimum absolute atomic E-state index is 0.123. The lowest BCUT2D eigenvalue weighted by Gasteiger charge is -2.38. The molecule has 2 atom stereocenters. The number of nitrogens with two attached hydrogens (primary N) is 1. The second-order valence-electron chi connectivity index (χ2n) is 10.3. The first-order valence-corrected chi connectivity index (χ1v) is 12.5. The molecular weight excluding hydrogens is 493 g/mol. The summed E-state index contributed by atoms with van der Waals surface area (Å²) < 4.78 is 47.8. The van der Waals surface area contributed by atoms with Gasteiger partial charge in [0.25, 0.3) is 0 Å². The van der Waals surface area contributed by atoms with Crippen molar-refractivity contribution in [3.05, 3.63) is 77.8 Å². The van der Waals surface area contributed by atoms with Crippen LogP contribution >= 0.6 is 0 Å². The van der Waals surface area contributed by atoms with E-state index in [9.17, 15) is 18.0 Å². The highest BCUT2D eigenvalue weighted by molar-refractivity contribution is 5.60. The van der Waals surface area contributed by atoms with E-state index >= 15 is 0 Å². The Morgan fingerprint density at radius 3 is 2.39 bits per heavy atom. The SMILES string of the molecule is CN(CC[C@H](N)CF)C(c1nc(-c2cc(F)ccc2F)cn1Cc1ccccc1)C(C)(C)C.COCC=O. The highest BCUT2D eigenvalue weighted by Crippen LogP contribution is 2.38. The molecule has 1 heterocycles. The molecule has 0 fully saturated rings. The maximum Gasteiger partial charge on any atom is 0.145 e. The van der Waals surface area contributed by atoms with Crippen LogP contribution in [0, 0.1) is 17.0 Å². The molecule has 0 aliphatic rings. The number of ether oxygens (including phenoxy) is 1. The van der Waals surface area contributed by atoms with Crippen LogP contribution in [-0.2, 0) is 16.1 Å². The smallest absolute Gasteiger partial charge is 0.145 e. The predicted octanol–water partition coefficient (Wildman–Crippen LogP) is 5.41. The van der Waals surface area contributed by atoms with Crippen molar-refractivity contribution in [3.63, 3.8) is 0 Å². The first-order valence-electron chi connectivity index (χ1n) is 12.5. The molecule has 2 aromatic carbocycles. The van der Waals surface area contributed by atoms with Gasteiger partial charge in [0.05, 0.1) is 11.7 Å². The molecule has 0 saturated carbocycles. The van der Waals surface area contributed by atoms with Gasteiger partial charge in [0, 0.05) is 38.0 Å². The molecule has 1 aromatic heterocycles. The van der Waals surface area contributed by atoms with Crippen molar-refractivity contribution < 1.29 is 22.7 Å².